The molecule has 0 amide bonds. The first-order chi connectivity index (χ1) is 8.19. The Morgan fingerprint density at radius 1 is 1.29 bits per heavy atom. The molecular formula is C12H8BrClFNO. The van der Waals surface area contributed by atoms with Crippen LogP contribution in [0.5, 0.6) is 11.5 Å². The number of pyridine rings is 1. The lowest BCUT2D eigenvalue weighted by Gasteiger charge is -2.07. The standard InChI is InChI=1S/C12H8BrClFNO/c13-8-1-2-11(15)12(5-8)17-10-3-4-16-9(6-10)7-14/h1-6H,7H2. The maximum Gasteiger partial charge on any atom is 0.165 e. The van der Waals surface area contributed by atoms with E-state index < -0.39 is 5.82 Å². The Labute approximate surface area is 112 Å². The van der Waals surface area contributed by atoms with E-state index in [9.17, 15) is 4.39 Å². The molecule has 2 nitrogen and oxygen atoms in total. The molecule has 0 aliphatic rings. The third-order valence-corrected chi connectivity index (χ3v) is 2.81. The summed E-state index contributed by atoms with van der Waals surface area (Å²) in [6.07, 6.45) is 1.57. The van der Waals surface area contributed by atoms with Crippen LogP contribution in [-0.2, 0) is 5.88 Å². The molecule has 88 valence electrons. The summed E-state index contributed by atoms with van der Waals surface area (Å²) in [5.74, 6) is 0.536. The van der Waals surface area contributed by atoms with E-state index in [-0.39, 0.29) is 11.6 Å². The molecule has 0 saturated heterocycles. The number of benzene rings is 1. The van der Waals surface area contributed by atoms with Gasteiger partial charge in [0.1, 0.15) is 5.75 Å². The fourth-order valence-electron chi connectivity index (χ4n) is 1.28. The Hall–Kier alpha value is -1.13. The molecule has 0 fully saturated rings. The molecule has 5 heteroatoms. The first kappa shape index (κ1) is 12.3. The van der Waals surface area contributed by atoms with Gasteiger partial charge in [-0.05, 0) is 24.3 Å². The Bertz CT molecular complexity index is 536. The van der Waals surface area contributed by atoms with E-state index in [0.717, 1.165) is 4.47 Å². The van der Waals surface area contributed by atoms with Gasteiger partial charge in [0.2, 0.25) is 0 Å². The quantitative estimate of drug-likeness (QED) is 0.777. The van der Waals surface area contributed by atoms with Crippen molar-refractivity contribution in [3.05, 3.63) is 52.5 Å². The molecule has 1 aromatic heterocycles. The second-order valence-electron chi connectivity index (χ2n) is 3.29. The lowest BCUT2D eigenvalue weighted by molar-refractivity contribution is 0.441. The second-order valence-corrected chi connectivity index (χ2v) is 4.48. The molecule has 0 unspecified atom stereocenters. The van der Waals surface area contributed by atoms with Crippen LogP contribution in [0.4, 0.5) is 4.39 Å². The predicted molar refractivity (Wildman–Crippen MR) is 68.0 cm³/mol. The Morgan fingerprint density at radius 3 is 2.88 bits per heavy atom. The van der Waals surface area contributed by atoms with Gasteiger partial charge in [0.15, 0.2) is 11.6 Å². The minimum atomic E-state index is -0.419. The predicted octanol–water partition coefficient (Wildman–Crippen LogP) is 4.51. The van der Waals surface area contributed by atoms with Crippen molar-refractivity contribution in [2.75, 3.05) is 0 Å². The lowest BCUT2D eigenvalue weighted by Crippen LogP contribution is -1.91. The maximum absolute atomic E-state index is 13.5. The SMILES string of the molecule is Fc1ccc(Br)cc1Oc1ccnc(CCl)c1. The summed E-state index contributed by atoms with van der Waals surface area (Å²) >= 11 is 8.92. The Morgan fingerprint density at radius 2 is 2.12 bits per heavy atom. The lowest BCUT2D eigenvalue weighted by atomic mass is 10.3. The summed E-state index contributed by atoms with van der Waals surface area (Å²) in [6, 6.07) is 7.84. The van der Waals surface area contributed by atoms with Gasteiger partial charge >= 0.3 is 0 Å². The maximum atomic E-state index is 13.5. The van der Waals surface area contributed by atoms with Crippen LogP contribution >= 0.6 is 27.5 Å². The van der Waals surface area contributed by atoms with E-state index in [1.165, 1.54) is 6.07 Å². The van der Waals surface area contributed by atoms with Crippen molar-refractivity contribution in [3.8, 4) is 11.5 Å². The molecule has 0 aliphatic carbocycles. The molecule has 2 aromatic rings. The molecule has 0 radical (unpaired) electrons. The Kier molecular flexibility index (Phi) is 3.97. The number of halogens is 3. The average molecular weight is 317 g/mol. The smallest absolute Gasteiger partial charge is 0.165 e. The fraction of sp³-hybridized carbons (Fsp3) is 0.0833. The van der Waals surface area contributed by atoms with Crippen LogP contribution in [0.1, 0.15) is 5.69 Å². The highest BCUT2D eigenvalue weighted by atomic mass is 79.9. The zero-order valence-electron chi connectivity index (χ0n) is 8.66. The monoisotopic (exact) mass is 315 g/mol. The molecular weight excluding hydrogens is 308 g/mol. The van der Waals surface area contributed by atoms with Gasteiger partial charge in [-0.2, -0.15) is 0 Å². The topological polar surface area (TPSA) is 22.1 Å². The minimum absolute atomic E-state index is 0.158. The van der Waals surface area contributed by atoms with Crippen molar-refractivity contribution in [1.82, 2.24) is 4.98 Å². The van der Waals surface area contributed by atoms with Gasteiger partial charge in [-0.1, -0.05) is 15.9 Å². The first-order valence-electron chi connectivity index (χ1n) is 4.83. The molecule has 0 atom stereocenters. The highest BCUT2D eigenvalue weighted by Crippen LogP contribution is 2.27. The highest BCUT2D eigenvalue weighted by Gasteiger charge is 2.06. The van der Waals surface area contributed by atoms with E-state index in [2.05, 4.69) is 20.9 Å². The van der Waals surface area contributed by atoms with E-state index >= 15 is 0 Å². The van der Waals surface area contributed by atoms with Crippen LogP contribution in [0, 0.1) is 5.82 Å². The summed E-state index contributed by atoms with van der Waals surface area (Å²) in [5.41, 5.74) is 0.680. The van der Waals surface area contributed by atoms with Crippen LogP contribution < -0.4 is 4.74 Å². The van der Waals surface area contributed by atoms with Crippen molar-refractivity contribution < 1.29 is 9.13 Å². The van der Waals surface area contributed by atoms with Crippen LogP contribution in [0.2, 0.25) is 0 Å². The number of alkyl halides is 1. The van der Waals surface area contributed by atoms with Crippen molar-refractivity contribution in [2.24, 2.45) is 0 Å². The third kappa shape index (κ3) is 3.17. The van der Waals surface area contributed by atoms with Crippen molar-refractivity contribution >= 4 is 27.5 Å². The number of nitrogens with zero attached hydrogens (tertiary/aromatic N) is 1. The molecule has 0 saturated carbocycles. The Balaban J connectivity index is 2.27. The van der Waals surface area contributed by atoms with Gasteiger partial charge in [0.25, 0.3) is 0 Å². The molecule has 2 rings (SSSR count). The van der Waals surface area contributed by atoms with Gasteiger partial charge in [0, 0.05) is 16.7 Å². The van der Waals surface area contributed by atoms with Crippen LogP contribution in [0.25, 0.3) is 0 Å². The molecule has 1 aromatic carbocycles. The summed E-state index contributed by atoms with van der Waals surface area (Å²) < 4.78 is 19.6. The normalized spacial score (nSPS) is 10.3. The summed E-state index contributed by atoms with van der Waals surface area (Å²) in [7, 11) is 0. The van der Waals surface area contributed by atoms with Crippen LogP contribution in [-0.4, -0.2) is 4.98 Å². The summed E-state index contributed by atoms with van der Waals surface area (Å²) in [6.45, 7) is 0. The number of ether oxygens (including phenoxy) is 1. The summed E-state index contributed by atoms with van der Waals surface area (Å²) in [5, 5.41) is 0. The first-order valence-corrected chi connectivity index (χ1v) is 6.15. The average Bonchev–Trinajstić information content (AvgIpc) is 2.34. The van der Waals surface area contributed by atoms with Crippen molar-refractivity contribution in [1.29, 1.82) is 0 Å². The number of aromatic nitrogens is 1. The van der Waals surface area contributed by atoms with E-state index in [1.807, 2.05) is 0 Å². The van der Waals surface area contributed by atoms with E-state index in [1.54, 1.807) is 30.5 Å². The zero-order valence-corrected chi connectivity index (χ0v) is 11.0. The van der Waals surface area contributed by atoms with Crippen LogP contribution in [0.3, 0.4) is 0 Å². The molecule has 0 aliphatic heterocycles. The second kappa shape index (κ2) is 5.47. The van der Waals surface area contributed by atoms with Crippen LogP contribution in [0.15, 0.2) is 41.0 Å². The van der Waals surface area contributed by atoms with E-state index in [0.29, 0.717) is 11.4 Å². The minimum Gasteiger partial charge on any atom is -0.454 e. The number of rotatable bonds is 3. The van der Waals surface area contributed by atoms with Gasteiger partial charge in [-0.25, -0.2) is 4.39 Å². The molecule has 0 spiro atoms. The molecule has 0 bridgehead atoms. The number of hydrogen-bond donors (Lipinski definition) is 0. The van der Waals surface area contributed by atoms with Crippen molar-refractivity contribution in [2.45, 2.75) is 5.88 Å². The number of hydrogen-bond acceptors (Lipinski definition) is 2. The van der Waals surface area contributed by atoms with Gasteiger partial charge < -0.3 is 4.74 Å². The van der Waals surface area contributed by atoms with E-state index in [4.69, 9.17) is 16.3 Å². The van der Waals surface area contributed by atoms with Gasteiger partial charge in [0.05, 0.1) is 11.6 Å². The fourth-order valence-corrected chi connectivity index (χ4v) is 1.76. The zero-order chi connectivity index (χ0) is 12.3. The third-order valence-electron chi connectivity index (χ3n) is 2.05. The van der Waals surface area contributed by atoms with Gasteiger partial charge in [-0.3, -0.25) is 4.98 Å². The van der Waals surface area contributed by atoms with Crippen molar-refractivity contribution in [3.63, 3.8) is 0 Å². The molecule has 0 N–H and O–H groups in total. The summed E-state index contributed by atoms with van der Waals surface area (Å²) in [4.78, 5) is 4.02. The molecule has 17 heavy (non-hydrogen) atoms. The highest BCUT2D eigenvalue weighted by molar-refractivity contribution is 9.10. The van der Waals surface area contributed by atoms with Gasteiger partial charge in [-0.15, -0.1) is 11.6 Å². The largest absolute Gasteiger partial charge is 0.454 e. The molecule has 1 heterocycles.